The molecule has 0 saturated carbocycles. The zero-order chi connectivity index (χ0) is 19.9. The van der Waals surface area contributed by atoms with Gasteiger partial charge in [-0.15, -0.1) is 0 Å². The number of amides is 3. The Morgan fingerprint density at radius 2 is 1.75 bits per heavy atom. The van der Waals surface area contributed by atoms with Crippen LogP contribution in [0.2, 0.25) is 0 Å². The molecule has 1 atom stereocenters. The van der Waals surface area contributed by atoms with Gasteiger partial charge in [-0.3, -0.25) is 4.79 Å². The first kappa shape index (κ1) is 19.5. The number of hydrogen-bond donors (Lipinski definition) is 2. The van der Waals surface area contributed by atoms with E-state index < -0.39 is 0 Å². The van der Waals surface area contributed by atoms with Crippen LogP contribution in [-0.4, -0.2) is 44.1 Å². The van der Waals surface area contributed by atoms with Crippen molar-refractivity contribution in [2.24, 2.45) is 5.92 Å². The van der Waals surface area contributed by atoms with Crippen molar-refractivity contribution in [1.29, 1.82) is 0 Å². The molecule has 1 aliphatic rings. The van der Waals surface area contributed by atoms with Gasteiger partial charge in [-0.25, -0.2) is 4.79 Å². The Hall–Kier alpha value is -3.22. The van der Waals surface area contributed by atoms with Crippen molar-refractivity contribution in [2.45, 2.75) is 12.8 Å². The molecule has 1 fully saturated rings. The lowest BCUT2D eigenvalue weighted by Crippen LogP contribution is -2.45. The number of hydrogen-bond acceptors (Lipinski definition) is 4. The fourth-order valence-electron chi connectivity index (χ4n) is 3.24. The number of methoxy groups -OCH3 is 2. The second-order valence-electron chi connectivity index (χ2n) is 6.63. The smallest absolute Gasteiger partial charge is 0.321 e. The zero-order valence-electron chi connectivity index (χ0n) is 16.1. The van der Waals surface area contributed by atoms with Gasteiger partial charge < -0.3 is 25.0 Å². The van der Waals surface area contributed by atoms with Gasteiger partial charge in [-0.05, 0) is 49.2 Å². The van der Waals surface area contributed by atoms with Crippen LogP contribution in [0.4, 0.5) is 16.2 Å². The number of nitrogens with zero attached hydrogens (tertiary/aromatic N) is 1. The van der Waals surface area contributed by atoms with Gasteiger partial charge in [0.2, 0.25) is 5.91 Å². The Morgan fingerprint density at radius 3 is 2.46 bits per heavy atom. The fourth-order valence-corrected chi connectivity index (χ4v) is 3.24. The number of anilines is 2. The van der Waals surface area contributed by atoms with Crippen LogP contribution < -0.4 is 20.1 Å². The van der Waals surface area contributed by atoms with E-state index in [0.29, 0.717) is 30.2 Å². The van der Waals surface area contributed by atoms with Gasteiger partial charge in [0.05, 0.1) is 25.8 Å². The molecule has 2 N–H and O–H groups in total. The minimum atomic E-state index is -0.264. The molecule has 1 saturated heterocycles. The van der Waals surface area contributed by atoms with E-state index >= 15 is 0 Å². The average molecular weight is 383 g/mol. The first-order valence-corrected chi connectivity index (χ1v) is 9.24. The summed E-state index contributed by atoms with van der Waals surface area (Å²) in [6, 6.07) is 14.2. The van der Waals surface area contributed by atoms with Gasteiger partial charge >= 0.3 is 6.03 Å². The normalized spacial score (nSPS) is 16.2. The third-order valence-electron chi connectivity index (χ3n) is 4.79. The van der Waals surface area contributed by atoms with Crippen LogP contribution in [0.25, 0.3) is 0 Å². The largest absolute Gasteiger partial charge is 0.497 e. The maximum absolute atomic E-state index is 12.7. The lowest BCUT2D eigenvalue weighted by molar-refractivity contribution is -0.121. The fraction of sp³-hybridized carbons (Fsp3) is 0.333. The number of carbonyl (C=O) groups excluding carboxylic acids is 2. The van der Waals surface area contributed by atoms with Crippen molar-refractivity contribution < 1.29 is 19.1 Å². The topological polar surface area (TPSA) is 79.9 Å². The molecule has 0 bridgehead atoms. The second kappa shape index (κ2) is 9.12. The summed E-state index contributed by atoms with van der Waals surface area (Å²) in [5.41, 5.74) is 1.32. The maximum atomic E-state index is 12.7. The molecule has 0 spiro atoms. The standard InChI is InChI=1S/C21H25N3O4/c1-27-17-11-9-16(10-12-17)22-21(26)24-13-5-6-15(14-24)20(25)23-18-7-3-4-8-19(18)28-2/h3-4,7-12,15H,5-6,13-14H2,1-2H3,(H,22,26)(H,23,25)/t15-/m0/s1. The van der Waals surface area contributed by atoms with Crippen molar-refractivity contribution in [3.8, 4) is 11.5 Å². The quantitative estimate of drug-likeness (QED) is 0.827. The van der Waals surface area contributed by atoms with E-state index in [1.807, 2.05) is 12.1 Å². The third kappa shape index (κ3) is 4.73. The highest BCUT2D eigenvalue weighted by Gasteiger charge is 2.29. The number of piperidine rings is 1. The van der Waals surface area contributed by atoms with Crippen LogP contribution >= 0.6 is 0 Å². The first-order chi connectivity index (χ1) is 13.6. The number of likely N-dealkylation sites (tertiary alicyclic amines) is 1. The highest BCUT2D eigenvalue weighted by Crippen LogP contribution is 2.26. The average Bonchev–Trinajstić information content (AvgIpc) is 2.74. The molecule has 0 radical (unpaired) electrons. The summed E-state index contributed by atoms with van der Waals surface area (Å²) in [6.45, 7) is 1.00. The molecule has 7 nitrogen and oxygen atoms in total. The molecule has 3 rings (SSSR count). The van der Waals surface area contributed by atoms with Crippen LogP contribution in [0.3, 0.4) is 0 Å². The summed E-state index contributed by atoms with van der Waals surface area (Å²) in [4.78, 5) is 27.0. The number of urea groups is 1. The Kier molecular flexibility index (Phi) is 6.37. The van der Waals surface area contributed by atoms with Gasteiger partial charge in [-0.1, -0.05) is 12.1 Å². The molecule has 0 aliphatic carbocycles. The third-order valence-corrected chi connectivity index (χ3v) is 4.79. The molecule has 7 heteroatoms. The predicted molar refractivity (Wildman–Crippen MR) is 108 cm³/mol. The van der Waals surface area contributed by atoms with Gasteiger partial charge in [0.15, 0.2) is 0 Å². The number of nitrogens with one attached hydrogen (secondary N) is 2. The van der Waals surface area contributed by atoms with Crippen molar-refractivity contribution in [2.75, 3.05) is 37.9 Å². The molecule has 3 amide bonds. The first-order valence-electron chi connectivity index (χ1n) is 9.24. The molecule has 1 aliphatic heterocycles. The monoisotopic (exact) mass is 383 g/mol. The number of rotatable bonds is 5. The number of carbonyl (C=O) groups is 2. The van der Waals surface area contributed by atoms with E-state index in [9.17, 15) is 9.59 Å². The minimum absolute atomic E-state index is 0.105. The van der Waals surface area contributed by atoms with Crippen LogP contribution in [0.1, 0.15) is 12.8 Å². The van der Waals surface area contributed by atoms with E-state index in [2.05, 4.69) is 10.6 Å². The van der Waals surface area contributed by atoms with Gasteiger partial charge in [0.1, 0.15) is 11.5 Å². The Morgan fingerprint density at radius 1 is 1.00 bits per heavy atom. The van der Waals surface area contributed by atoms with Crippen LogP contribution in [0.15, 0.2) is 48.5 Å². The number of benzene rings is 2. The molecule has 1 heterocycles. The van der Waals surface area contributed by atoms with Gasteiger partial charge in [0.25, 0.3) is 0 Å². The van der Waals surface area contributed by atoms with Crippen LogP contribution in [-0.2, 0) is 4.79 Å². The van der Waals surface area contributed by atoms with E-state index in [0.717, 1.165) is 18.6 Å². The summed E-state index contributed by atoms with van der Waals surface area (Å²) >= 11 is 0. The van der Waals surface area contributed by atoms with Crippen molar-refractivity contribution in [3.63, 3.8) is 0 Å². The summed E-state index contributed by atoms with van der Waals surface area (Å²) in [7, 11) is 3.16. The molecule has 0 aromatic heterocycles. The molecule has 2 aromatic rings. The van der Waals surface area contributed by atoms with Crippen molar-refractivity contribution >= 4 is 23.3 Å². The highest BCUT2D eigenvalue weighted by molar-refractivity contribution is 5.95. The number of para-hydroxylation sites is 2. The summed E-state index contributed by atoms with van der Waals surface area (Å²) in [6.07, 6.45) is 1.52. The van der Waals surface area contributed by atoms with Gasteiger partial charge in [0, 0.05) is 18.8 Å². The van der Waals surface area contributed by atoms with E-state index in [-0.39, 0.29) is 17.9 Å². The van der Waals surface area contributed by atoms with E-state index in [1.165, 1.54) is 0 Å². The van der Waals surface area contributed by atoms with Crippen molar-refractivity contribution in [1.82, 2.24) is 4.90 Å². The molecule has 2 aromatic carbocycles. The minimum Gasteiger partial charge on any atom is -0.497 e. The molecular weight excluding hydrogens is 358 g/mol. The van der Waals surface area contributed by atoms with Crippen LogP contribution in [0.5, 0.6) is 11.5 Å². The molecule has 148 valence electrons. The Bertz CT molecular complexity index is 823. The number of ether oxygens (including phenoxy) is 2. The van der Waals surface area contributed by atoms with Crippen LogP contribution in [0, 0.1) is 5.92 Å². The van der Waals surface area contributed by atoms with E-state index in [4.69, 9.17) is 9.47 Å². The molecule has 28 heavy (non-hydrogen) atoms. The molecular formula is C21H25N3O4. The predicted octanol–water partition coefficient (Wildman–Crippen LogP) is 3.59. The second-order valence-corrected chi connectivity index (χ2v) is 6.63. The SMILES string of the molecule is COc1ccc(NC(=O)N2CCC[C@H](C(=O)Nc3ccccc3OC)C2)cc1. The zero-order valence-corrected chi connectivity index (χ0v) is 16.1. The summed E-state index contributed by atoms with van der Waals surface area (Å²) < 4.78 is 10.4. The highest BCUT2D eigenvalue weighted by atomic mass is 16.5. The maximum Gasteiger partial charge on any atom is 0.321 e. The Labute approximate surface area is 164 Å². The van der Waals surface area contributed by atoms with Crippen molar-refractivity contribution in [3.05, 3.63) is 48.5 Å². The summed E-state index contributed by atoms with van der Waals surface area (Å²) in [5.74, 6) is 0.969. The lowest BCUT2D eigenvalue weighted by atomic mass is 9.97. The lowest BCUT2D eigenvalue weighted by Gasteiger charge is -2.32. The Balaban J connectivity index is 1.59. The summed E-state index contributed by atoms with van der Waals surface area (Å²) in [5, 5.41) is 5.79. The molecule has 0 unspecified atom stereocenters. The van der Waals surface area contributed by atoms with E-state index in [1.54, 1.807) is 55.5 Å². The van der Waals surface area contributed by atoms with Gasteiger partial charge in [-0.2, -0.15) is 0 Å².